The number of imidazole rings is 1. The van der Waals surface area contributed by atoms with Crippen LogP contribution in [0.4, 0.5) is 0 Å². The largest absolute Gasteiger partial charge is 0.496 e. The van der Waals surface area contributed by atoms with Gasteiger partial charge in [-0.25, -0.2) is 4.98 Å². The monoisotopic (exact) mass is 252 g/mol. The van der Waals surface area contributed by atoms with E-state index in [0.29, 0.717) is 0 Å². The Bertz CT molecular complexity index is 744. The lowest BCUT2D eigenvalue weighted by molar-refractivity contribution is 0.412. The van der Waals surface area contributed by atoms with Gasteiger partial charge in [0.05, 0.1) is 18.8 Å². The highest BCUT2D eigenvalue weighted by atomic mass is 16.5. The van der Waals surface area contributed by atoms with Crippen LogP contribution in [0.2, 0.25) is 0 Å². The number of ether oxygens (including phenoxy) is 1. The summed E-state index contributed by atoms with van der Waals surface area (Å²) in [5.74, 6) is 1.91. The maximum absolute atomic E-state index is 5.38. The summed E-state index contributed by atoms with van der Waals surface area (Å²) in [5, 5.41) is 0. The minimum atomic E-state index is 0.917. The number of aryl methyl sites for hydroxylation is 2. The summed E-state index contributed by atoms with van der Waals surface area (Å²) in [6.45, 7) is 4.05. The van der Waals surface area contributed by atoms with Crippen molar-refractivity contribution in [2.24, 2.45) is 0 Å². The molecule has 0 amide bonds. The van der Waals surface area contributed by atoms with Gasteiger partial charge in [-0.2, -0.15) is 0 Å². The van der Waals surface area contributed by atoms with E-state index in [2.05, 4.69) is 45.9 Å². The van der Waals surface area contributed by atoms with Gasteiger partial charge in [-0.1, -0.05) is 18.2 Å². The Hall–Kier alpha value is -2.29. The van der Waals surface area contributed by atoms with E-state index in [9.17, 15) is 0 Å². The third-order valence-electron chi connectivity index (χ3n) is 3.45. The number of fused-ring (bicyclic) bond motifs is 1. The Morgan fingerprint density at radius 2 is 1.84 bits per heavy atom. The highest BCUT2D eigenvalue weighted by molar-refractivity contribution is 5.67. The molecule has 0 aliphatic carbocycles. The number of benzene rings is 1. The van der Waals surface area contributed by atoms with Gasteiger partial charge in [-0.05, 0) is 42.7 Å². The highest BCUT2D eigenvalue weighted by Crippen LogP contribution is 2.27. The maximum atomic E-state index is 5.38. The van der Waals surface area contributed by atoms with Crippen LogP contribution in [0.5, 0.6) is 5.75 Å². The van der Waals surface area contributed by atoms with Gasteiger partial charge >= 0.3 is 0 Å². The second kappa shape index (κ2) is 4.43. The standard InChI is InChI=1S/C16H16N2O/c1-11-4-5-13(8-16(11)19-3)14-6-7-15-9-17-12(2)18(15)10-14/h4-10H,1-3H3. The molecule has 0 atom stereocenters. The van der Waals surface area contributed by atoms with Crippen molar-refractivity contribution in [3.63, 3.8) is 0 Å². The Balaban J connectivity index is 2.15. The first-order valence-electron chi connectivity index (χ1n) is 6.28. The van der Waals surface area contributed by atoms with E-state index < -0.39 is 0 Å². The van der Waals surface area contributed by atoms with Crippen molar-refractivity contribution in [3.05, 3.63) is 54.1 Å². The summed E-state index contributed by atoms with van der Waals surface area (Å²) in [6.07, 6.45) is 4.00. The lowest BCUT2D eigenvalue weighted by Gasteiger charge is -2.08. The zero-order valence-electron chi connectivity index (χ0n) is 11.3. The first kappa shape index (κ1) is 11.8. The summed E-state index contributed by atoms with van der Waals surface area (Å²) < 4.78 is 7.48. The van der Waals surface area contributed by atoms with Gasteiger partial charge in [0, 0.05) is 6.20 Å². The van der Waals surface area contributed by atoms with Gasteiger partial charge in [-0.15, -0.1) is 0 Å². The van der Waals surface area contributed by atoms with Crippen molar-refractivity contribution in [2.45, 2.75) is 13.8 Å². The van der Waals surface area contributed by atoms with Crippen LogP contribution in [-0.2, 0) is 0 Å². The molecule has 96 valence electrons. The van der Waals surface area contributed by atoms with E-state index in [1.54, 1.807) is 7.11 Å². The summed E-state index contributed by atoms with van der Waals surface area (Å²) in [5.41, 5.74) is 4.57. The lowest BCUT2D eigenvalue weighted by atomic mass is 10.1. The van der Waals surface area contributed by atoms with Crippen LogP contribution in [0.25, 0.3) is 16.6 Å². The topological polar surface area (TPSA) is 26.5 Å². The van der Waals surface area contributed by atoms with Crippen LogP contribution in [0.1, 0.15) is 11.4 Å². The van der Waals surface area contributed by atoms with Crippen molar-refractivity contribution < 1.29 is 4.74 Å². The Labute approximate surface area is 112 Å². The molecule has 3 nitrogen and oxygen atoms in total. The fourth-order valence-electron chi connectivity index (χ4n) is 2.29. The highest BCUT2D eigenvalue weighted by Gasteiger charge is 2.05. The number of nitrogens with zero attached hydrogens (tertiary/aromatic N) is 2. The molecular weight excluding hydrogens is 236 g/mol. The van der Waals surface area contributed by atoms with Gasteiger partial charge in [0.25, 0.3) is 0 Å². The van der Waals surface area contributed by atoms with Crippen LogP contribution in [0.3, 0.4) is 0 Å². The lowest BCUT2D eigenvalue weighted by Crippen LogP contribution is -1.91. The molecule has 3 aromatic rings. The minimum Gasteiger partial charge on any atom is -0.496 e. The van der Waals surface area contributed by atoms with Crippen molar-refractivity contribution >= 4 is 5.52 Å². The van der Waals surface area contributed by atoms with Crippen molar-refractivity contribution in [1.82, 2.24) is 9.38 Å². The molecule has 2 heterocycles. The fourth-order valence-corrected chi connectivity index (χ4v) is 2.29. The number of hydrogen-bond acceptors (Lipinski definition) is 2. The molecule has 0 bridgehead atoms. The second-order valence-corrected chi connectivity index (χ2v) is 4.70. The first-order chi connectivity index (χ1) is 9.19. The minimum absolute atomic E-state index is 0.917. The van der Waals surface area contributed by atoms with Gasteiger partial charge < -0.3 is 9.14 Å². The summed E-state index contributed by atoms with van der Waals surface area (Å²) in [7, 11) is 1.70. The molecule has 0 fully saturated rings. The molecule has 1 aromatic carbocycles. The van der Waals surface area contributed by atoms with Crippen molar-refractivity contribution in [2.75, 3.05) is 7.11 Å². The molecule has 0 N–H and O–H groups in total. The molecule has 19 heavy (non-hydrogen) atoms. The molecule has 0 aliphatic rings. The van der Waals surface area contributed by atoms with Crippen LogP contribution >= 0.6 is 0 Å². The number of methoxy groups -OCH3 is 1. The number of hydrogen-bond donors (Lipinski definition) is 0. The number of pyridine rings is 1. The van der Waals surface area contributed by atoms with E-state index in [1.807, 2.05) is 20.0 Å². The number of rotatable bonds is 2. The van der Waals surface area contributed by atoms with E-state index in [-0.39, 0.29) is 0 Å². The predicted molar refractivity (Wildman–Crippen MR) is 76.7 cm³/mol. The van der Waals surface area contributed by atoms with E-state index >= 15 is 0 Å². The third-order valence-corrected chi connectivity index (χ3v) is 3.45. The summed E-state index contributed by atoms with van der Waals surface area (Å²) >= 11 is 0. The van der Waals surface area contributed by atoms with Crippen molar-refractivity contribution in [1.29, 1.82) is 0 Å². The molecular formula is C16H16N2O. The molecule has 0 spiro atoms. The smallest absolute Gasteiger partial charge is 0.122 e. The predicted octanol–water partition coefficient (Wildman–Crippen LogP) is 3.63. The van der Waals surface area contributed by atoms with Crippen LogP contribution in [0, 0.1) is 13.8 Å². The number of aromatic nitrogens is 2. The molecule has 3 heteroatoms. The Kier molecular flexibility index (Phi) is 2.75. The zero-order chi connectivity index (χ0) is 13.4. The average Bonchev–Trinajstić information content (AvgIpc) is 2.80. The van der Waals surface area contributed by atoms with Gasteiger partial charge in [0.2, 0.25) is 0 Å². The van der Waals surface area contributed by atoms with Gasteiger partial charge in [0.1, 0.15) is 11.6 Å². The fraction of sp³-hybridized carbons (Fsp3) is 0.188. The van der Waals surface area contributed by atoms with Crippen molar-refractivity contribution in [3.8, 4) is 16.9 Å². The zero-order valence-corrected chi connectivity index (χ0v) is 11.3. The molecule has 0 aliphatic heterocycles. The molecule has 3 rings (SSSR count). The van der Waals surface area contributed by atoms with Gasteiger partial charge in [-0.3, -0.25) is 0 Å². The molecule has 2 aromatic heterocycles. The molecule has 0 radical (unpaired) electrons. The first-order valence-corrected chi connectivity index (χ1v) is 6.28. The molecule has 0 saturated carbocycles. The molecule has 0 saturated heterocycles. The van der Waals surface area contributed by atoms with Crippen LogP contribution in [0.15, 0.2) is 42.7 Å². The van der Waals surface area contributed by atoms with Crippen LogP contribution in [-0.4, -0.2) is 16.5 Å². The average molecular weight is 252 g/mol. The SMILES string of the molecule is COc1cc(-c2ccc3cnc(C)n3c2)ccc1C. The quantitative estimate of drug-likeness (QED) is 0.696. The van der Waals surface area contributed by atoms with Gasteiger partial charge in [0.15, 0.2) is 0 Å². The second-order valence-electron chi connectivity index (χ2n) is 4.70. The summed E-state index contributed by atoms with van der Waals surface area (Å²) in [6, 6.07) is 10.5. The third kappa shape index (κ3) is 1.97. The Morgan fingerprint density at radius 1 is 1.05 bits per heavy atom. The van der Waals surface area contributed by atoms with E-state index in [4.69, 9.17) is 4.74 Å². The maximum Gasteiger partial charge on any atom is 0.122 e. The Morgan fingerprint density at radius 3 is 2.63 bits per heavy atom. The normalized spacial score (nSPS) is 10.9. The molecule has 0 unspecified atom stereocenters. The van der Waals surface area contributed by atoms with Crippen LogP contribution < -0.4 is 4.74 Å². The van der Waals surface area contributed by atoms with E-state index in [0.717, 1.165) is 33.8 Å². The van der Waals surface area contributed by atoms with E-state index in [1.165, 1.54) is 0 Å². The summed E-state index contributed by atoms with van der Waals surface area (Å²) in [4.78, 5) is 4.32.